The highest BCUT2D eigenvalue weighted by atomic mass is 32.1. The molecule has 4 heteroatoms. The Morgan fingerprint density at radius 3 is 2.35 bits per heavy atom. The molecule has 1 fully saturated rings. The molecule has 0 spiro atoms. The zero-order valence-electron chi connectivity index (χ0n) is 12.6. The molecule has 0 aliphatic carbocycles. The summed E-state index contributed by atoms with van der Waals surface area (Å²) in [6.07, 6.45) is 3.92. The summed E-state index contributed by atoms with van der Waals surface area (Å²) < 4.78 is 0. The van der Waals surface area contributed by atoms with Gasteiger partial charge in [-0.2, -0.15) is 0 Å². The molecule has 2 rings (SSSR count). The molecule has 1 aromatic carbocycles. The van der Waals surface area contributed by atoms with E-state index in [9.17, 15) is 4.79 Å². The Balaban J connectivity index is 0.000000956. The van der Waals surface area contributed by atoms with E-state index in [0.717, 1.165) is 18.0 Å². The number of nitrogens with one attached hydrogen (secondary N) is 1. The summed E-state index contributed by atoms with van der Waals surface area (Å²) in [5, 5.41) is 2.96. The number of thiol groups is 1. The fourth-order valence-electron chi connectivity index (χ4n) is 2.23. The van der Waals surface area contributed by atoms with Gasteiger partial charge in [-0.3, -0.25) is 4.79 Å². The zero-order valence-corrected chi connectivity index (χ0v) is 13.5. The third kappa shape index (κ3) is 5.97. The molecule has 3 nitrogen and oxygen atoms in total. The topological polar surface area (TPSA) is 32.3 Å². The van der Waals surface area contributed by atoms with Gasteiger partial charge in [0.1, 0.15) is 0 Å². The lowest BCUT2D eigenvalue weighted by Gasteiger charge is -2.26. The average Bonchev–Trinajstić information content (AvgIpc) is 2.51. The van der Waals surface area contributed by atoms with Gasteiger partial charge < -0.3 is 10.2 Å². The van der Waals surface area contributed by atoms with Gasteiger partial charge in [0, 0.05) is 23.5 Å². The van der Waals surface area contributed by atoms with Crippen molar-refractivity contribution in [2.45, 2.75) is 38.0 Å². The normalized spacial score (nSPS) is 15.2. The summed E-state index contributed by atoms with van der Waals surface area (Å²) >= 11 is 4.20. The Morgan fingerprint density at radius 1 is 1.15 bits per heavy atom. The van der Waals surface area contributed by atoms with Crippen LogP contribution in [-0.4, -0.2) is 37.0 Å². The molecule has 1 aliphatic heterocycles. The minimum atomic E-state index is 0.000317. The van der Waals surface area contributed by atoms with Gasteiger partial charge in [0.05, 0.1) is 0 Å². The van der Waals surface area contributed by atoms with Crippen molar-refractivity contribution in [3.8, 4) is 0 Å². The third-order valence-corrected chi connectivity index (χ3v) is 3.59. The van der Waals surface area contributed by atoms with Gasteiger partial charge in [0.2, 0.25) is 0 Å². The van der Waals surface area contributed by atoms with E-state index < -0.39 is 0 Å². The van der Waals surface area contributed by atoms with Crippen LogP contribution in [0.15, 0.2) is 29.2 Å². The van der Waals surface area contributed by atoms with E-state index in [-0.39, 0.29) is 5.91 Å². The SMILES string of the molecule is CC.O=C(NCCN1CCCCC1)c1ccc(S)cc1. The van der Waals surface area contributed by atoms with Gasteiger partial charge in [-0.05, 0) is 50.2 Å². The molecular weight excluding hydrogens is 268 g/mol. The van der Waals surface area contributed by atoms with Crippen LogP contribution in [0, 0.1) is 0 Å². The van der Waals surface area contributed by atoms with Gasteiger partial charge in [0.25, 0.3) is 5.91 Å². The van der Waals surface area contributed by atoms with E-state index in [2.05, 4.69) is 22.8 Å². The maximum absolute atomic E-state index is 11.8. The fraction of sp³-hybridized carbons (Fsp3) is 0.562. The van der Waals surface area contributed by atoms with E-state index in [1.807, 2.05) is 26.0 Å². The monoisotopic (exact) mass is 294 g/mol. The van der Waals surface area contributed by atoms with Crippen molar-refractivity contribution < 1.29 is 4.79 Å². The smallest absolute Gasteiger partial charge is 0.251 e. The number of carbonyl (C=O) groups excluding carboxylic acids is 1. The van der Waals surface area contributed by atoms with Crippen LogP contribution in [0.2, 0.25) is 0 Å². The first-order valence-corrected chi connectivity index (χ1v) is 8.00. The van der Waals surface area contributed by atoms with E-state index in [1.54, 1.807) is 12.1 Å². The number of rotatable bonds is 4. The number of amides is 1. The third-order valence-electron chi connectivity index (χ3n) is 3.29. The fourth-order valence-corrected chi connectivity index (χ4v) is 2.37. The van der Waals surface area contributed by atoms with Crippen LogP contribution >= 0.6 is 12.6 Å². The standard InChI is InChI=1S/C14H20N2OS.C2H6/c17-14(12-4-6-13(18)7-5-12)15-8-11-16-9-2-1-3-10-16;1-2/h4-7,18H,1-3,8-11H2,(H,15,17);1-2H3. The van der Waals surface area contributed by atoms with Crippen LogP contribution < -0.4 is 5.32 Å². The average molecular weight is 294 g/mol. The van der Waals surface area contributed by atoms with Crippen LogP contribution in [-0.2, 0) is 0 Å². The summed E-state index contributed by atoms with van der Waals surface area (Å²) in [5.41, 5.74) is 0.700. The molecule has 0 atom stereocenters. The summed E-state index contributed by atoms with van der Waals surface area (Å²) in [4.78, 5) is 15.1. The highest BCUT2D eigenvalue weighted by Crippen LogP contribution is 2.08. The summed E-state index contributed by atoms with van der Waals surface area (Å²) in [7, 11) is 0. The minimum absolute atomic E-state index is 0.000317. The summed E-state index contributed by atoms with van der Waals surface area (Å²) in [6.45, 7) is 8.02. The molecule has 1 N–H and O–H groups in total. The van der Waals surface area contributed by atoms with Crippen molar-refractivity contribution in [2.24, 2.45) is 0 Å². The van der Waals surface area contributed by atoms with E-state index in [0.29, 0.717) is 5.56 Å². The largest absolute Gasteiger partial charge is 0.351 e. The molecule has 1 aromatic rings. The van der Waals surface area contributed by atoms with Crippen LogP contribution in [0.3, 0.4) is 0 Å². The second-order valence-corrected chi connectivity index (χ2v) is 5.22. The first-order valence-electron chi connectivity index (χ1n) is 7.55. The summed E-state index contributed by atoms with van der Waals surface area (Å²) in [6, 6.07) is 7.28. The Morgan fingerprint density at radius 2 is 1.75 bits per heavy atom. The number of nitrogens with zero attached hydrogens (tertiary/aromatic N) is 1. The number of hydrogen-bond donors (Lipinski definition) is 2. The quantitative estimate of drug-likeness (QED) is 0.836. The van der Waals surface area contributed by atoms with Gasteiger partial charge in [-0.15, -0.1) is 12.6 Å². The van der Waals surface area contributed by atoms with E-state index >= 15 is 0 Å². The number of piperidine rings is 1. The van der Waals surface area contributed by atoms with E-state index in [4.69, 9.17) is 0 Å². The first kappa shape index (κ1) is 17.1. The molecule has 1 heterocycles. The van der Waals surface area contributed by atoms with Crippen molar-refractivity contribution in [3.05, 3.63) is 29.8 Å². The number of hydrogen-bond acceptors (Lipinski definition) is 3. The number of carbonyl (C=O) groups is 1. The lowest BCUT2D eigenvalue weighted by atomic mass is 10.1. The Kier molecular flexibility index (Phi) is 8.38. The molecule has 1 aliphatic rings. The van der Waals surface area contributed by atoms with Crippen molar-refractivity contribution in [2.75, 3.05) is 26.2 Å². The Hall–Kier alpha value is -1.00. The lowest BCUT2D eigenvalue weighted by molar-refractivity contribution is 0.0946. The molecule has 0 saturated carbocycles. The molecule has 112 valence electrons. The van der Waals surface area contributed by atoms with Gasteiger partial charge in [-0.1, -0.05) is 20.3 Å². The van der Waals surface area contributed by atoms with Crippen molar-refractivity contribution in [3.63, 3.8) is 0 Å². The van der Waals surface area contributed by atoms with Crippen molar-refractivity contribution in [1.29, 1.82) is 0 Å². The van der Waals surface area contributed by atoms with E-state index in [1.165, 1.54) is 32.4 Å². The predicted octanol–water partition coefficient (Wildman–Crippen LogP) is 3.22. The Bertz CT molecular complexity index is 386. The highest BCUT2D eigenvalue weighted by Gasteiger charge is 2.10. The van der Waals surface area contributed by atoms with Gasteiger partial charge >= 0.3 is 0 Å². The lowest BCUT2D eigenvalue weighted by Crippen LogP contribution is -2.37. The Labute approximate surface area is 128 Å². The highest BCUT2D eigenvalue weighted by molar-refractivity contribution is 7.80. The predicted molar refractivity (Wildman–Crippen MR) is 87.7 cm³/mol. The second kappa shape index (κ2) is 9.83. The summed E-state index contributed by atoms with van der Waals surface area (Å²) in [5.74, 6) is 0.000317. The van der Waals surface area contributed by atoms with Gasteiger partial charge in [0.15, 0.2) is 0 Å². The molecule has 20 heavy (non-hydrogen) atoms. The molecular formula is C16H26N2OS. The second-order valence-electron chi connectivity index (χ2n) is 4.71. The van der Waals surface area contributed by atoms with Crippen LogP contribution in [0.1, 0.15) is 43.5 Å². The van der Waals surface area contributed by atoms with Crippen LogP contribution in [0.4, 0.5) is 0 Å². The van der Waals surface area contributed by atoms with Crippen LogP contribution in [0.25, 0.3) is 0 Å². The molecule has 0 aromatic heterocycles. The molecule has 0 unspecified atom stereocenters. The van der Waals surface area contributed by atoms with Gasteiger partial charge in [-0.25, -0.2) is 0 Å². The van der Waals surface area contributed by atoms with Crippen LogP contribution in [0.5, 0.6) is 0 Å². The maximum atomic E-state index is 11.8. The molecule has 0 radical (unpaired) electrons. The van der Waals surface area contributed by atoms with Crippen molar-refractivity contribution in [1.82, 2.24) is 10.2 Å². The molecule has 0 bridgehead atoms. The first-order chi connectivity index (χ1) is 9.75. The number of likely N-dealkylation sites (tertiary alicyclic amines) is 1. The molecule has 1 saturated heterocycles. The van der Waals surface area contributed by atoms with Crippen molar-refractivity contribution >= 4 is 18.5 Å². The number of benzene rings is 1. The molecule has 1 amide bonds. The maximum Gasteiger partial charge on any atom is 0.251 e. The minimum Gasteiger partial charge on any atom is -0.351 e. The zero-order chi connectivity index (χ0) is 14.8.